The number of hydrogen-bond acceptors (Lipinski definition) is 6. The molecule has 8 heteroatoms. The van der Waals surface area contributed by atoms with Crippen LogP contribution in [-0.4, -0.2) is 28.9 Å². The first kappa shape index (κ1) is 21.4. The van der Waals surface area contributed by atoms with Crippen molar-refractivity contribution >= 4 is 60.1 Å². The Morgan fingerprint density at radius 3 is 2.48 bits per heavy atom. The monoisotopic (exact) mass is 520 g/mol. The number of Topliss-reactive ketones (excluding diaryl/α,β-unsaturated/α-hetero) is 1. The first-order valence-corrected chi connectivity index (χ1v) is 11.7. The van der Waals surface area contributed by atoms with Crippen LogP contribution in [-0.2, 0) is 9.59 Å². The van der Waals surface area contributed by atoms with E-state index in [9.17, 15) is 14.7 Å². The lowest BCUT2D eigenvalue weighted by atomic mass is 9.95. The quantitative estimate of drug-likeness (QED) is 0.212. The highest BCUT2D eigenvalue weighted by atomic mass is 79.9. The van der Waals surface area contributed by atoms with Crippen molar-refractivity contribution in [2.45, 2.75) is 6.04 Å². The number of methoxy groups -OCH3 is 1. The predicted molar refractivity (Wildman–Crippen MR) is 132 cm³/mol. The third-order valence-corrected chi connectivity index (χ3v) is 7.01. The van der Waals surface area contributed by atoms with E-state index in [0.717, 1.165) is 9.17 Å². The van der Waals surface area contributed by atoms with Gasteiger partial charge in [-0.05, 0) is 35.9 Å². The van der Waals surface area contributed by atoms with Gasteiger partial charge in [-0.25, -0.2) is 4.98 Å². The predicted octanol–water partition coefficient (Wildman–Crippen LogP) is 5.69. The summed E-state index contributed by atoms with van der Waals surface area (Å²) in [4.78, 5) is 32.5. The smallest absolute Gasteiger partial charge is 0.301 e. The number of rotatable bonds is 4. The summed E-state index contributed by atoms with van der Waals surface area (Å²) in [5.41, 5.74) is 1.87. The number of aromatic nitrogens is 1. The van der Waals surface area contributed by atoms with Gasteiger partial charge in [0.15, 0.2) is 5.13 Å². The molecular formula is C25H17BrN2O4S. The molecule has 5 rings (SSSR count). The Hall–Kier alpha value is -3.49. The van der Waals surface area contributed by atoms with Crippen molar-refractivity contribution in [2.75, 3.05) is 12.0 Å². The number of fused-ring (bicyclic) bond motifs is 1. The fourth-order valence-electron chi connectivity index (χ4n) is 3.86. The molecule has 2 heterocycles. The minimum Gasteiger partial charge on any atom is -0.507 e. The summed E-state index contributed by atoms with van der Waals surface area (Å²) >= 11 is 4.71. The van der Waals surface area contributed by atoms with E-state index in [4.69, 9.17) is 4.74 Å². The highest BCUT2D eigenvalue weighted by molar-refractivity contribution is 9.10. The molecule has 1 aliphatic rings. The van der Waals surface area contributed by atoms with E-state index in [2.05, 4.69) is 20.9 Å². The Morgan fingerprint density at radius 2 is 1.79 bits per heavy atom. The van der Waals surface area contributed by atoms with Crippen molar-refractivity contribution in [1.29, 1.82) is 0 Å². The number of ether oxygens (including phenoxy) is 1. The van der Waals surface area contributed by atoms with Gasteiger partial charge in [0.05, 0.1) is 28.9 Å². The average Bonchev–Trinajstić information content (AvgIpc) is 3.37. The van der Waals surface area contributed by atoms with Gasteiger partial charge in [-0.2, -0.15) is 0 Å². The van der Waals surface area contributed by atoms with E-state index >= 15 is 0 Å². The van der Waals surface area contributed by atoms with Gasteiger partial charge in [-0.1, -0.05) is 69.7 Å². The number of anilines is 1. The van der Waals surface area contributed by atoms with E-state index in [1.54, 1.807) is 37.4 Å². The maximum absolute atomic E-state index is 13.3. The van der Waals surface area contributed by atoms with Crippen molar-refractivity contribution in [1.82, 2.24) is 4.98 Å². The molecule has 1 fully saturated rings. The first-order valence-electron chi connectivity index (χ1n) is 10.0. The minimum atomic E-state index is -0.819. The van der Waals surface area contributed by atoms with Gasteiger partial charge in [0.1, 0.15) is 11.5 Å². The Morgan fingerprint density at radius 1 is 1.06 bits per heavy atom. The molecule has 0 radical (unpaired) electrons. The lowest BCUT2D eigenvalue weighted by Gasteiger charge is -2.23. The Labute approximate surface area is 201 Å². The number of thiazole rings is 1. The largest absolute Gasteiger partial charge is 0.507 e. The van der Waals surface area contributed by atoms with E-state index in [-0.39, 0.29) is 11.3 Å². The topological polar surface area (TPSA) is 79.7 Å². The Kier molecular flexibility index (Phi) is 5.47. The summed E-state index contributed by atoms with van der Waals surface area (Å²) < 4.78 is 6.98. The van der Waals surface area contributed by atoms with Crippen LogP contribution in [0, 0.1) is 0 Å². The Balaban J connectivity index is 1.72. The van der Waals surface area contributed by atoms with Crippen LogP contribution in [0.5, 0.6) is 5.75 Å². The fourth-order valence-corrected chi connectivity index (χ4v) is 5.15. The van der Waals surface area contributed by atoms with Gasteiger partial charge in [-0.15, -0.1) is 0 Å². The van der Waals surface area contributed by atoms with E-state index < -0.39 is 17.7 Å². The number of amides is 1. The molecular weight excluding hydrogens is 504 g/mol. The average molecular weight is 521 g/mol. The number of hydrogen-bond donors (Lipinski definition) is 1. The molecule has 6 nitrogen and oxygen atoms in total. The molecule has 0 bridgehead atoms. The molecule has 3 aromatic carbocycles. The number of aliphatic hydroxyl groups is 1. The number of nitrogens with zero attached hydrogens (tertiary/aromatic N) is 2. The molecule has 1 N–H and O–H groups in total. The zero-order valence-electron chi connectivity index (χ0n) is 17.4. The molecule has 1 aromatic heterocycles. The maximum atomic E-state index is 13.3. The highest BCUT2D eigenvalue weighted by Crippen LogP contribution is 2.44. The maximum Gasteiger partial charge on any atom is 0.301 e. The second-order valence-corrected chi connectivity index (χ2v) is 9.34. The molecule has 1 amide bonds. The highest BCUT2D eigenvalue weighted by Gasteiger charge is 2.48. The van der Waals surface area contributed by atoms with Crippen LogP contribution in [0.4, 0.5) is 5.13 Å². The van der Waals surface area contributed by atoms with Crippen molar-refractivity contribution in [2.24, 2.45) is 0 Å². The normalized spacial score (nSPS) is 17.6. The van der Waals surface area contributed by atoms with Crippen LogP contribution in [0.2, 0.25) is 0 Å². The molecule has 0 spiro atoms. The van der Waals surface area contributed by atoms with Crippen LogP contribution in [0.3, 0.4) is 0 Å². The summed E-state index contributed by atoms with van der Waals surface area (Å²) in [6.45, 7) is 0. The van der Waals surface area contributed by atoms with Gasteiger partial charge in [0.25, 0.3) is 5.78 Å². The number of benzene rings is 3. The molecule has 0 aliphatic carbocycles. The number of carbonyl (C=O) groups excluding carboxylic acids is 2. The summed E-state index contributed by atoms with van der Waals surface area (Å²) in [5.74, 6) is -1.02. The molecule has 1 aliphatic heterocycles. The third-order valence-electron chi connectivity index (χ3n) is 5.47. The standard InChI is InChI=1S/C25H17BrN2O4S/c1-32-17-11-12-18-19(13-17)33-25(27-18)28-21(14-7-9-16(26)10-8-14)20(23(30)24(28)31)22(29)15-5-3-2-4-6-15/h2-13,21,29H,1H3/t21-/m1/s1. The SMILES string of the molecule is COc1ccc2nc(N3C(=O)C(=O)C(=C(O)c4ccccc4)[C@H]3c3ccc(Br)cc3)sc2c1. The molecule has 33 heavy (non-hydrogen) atoms. The van der Waals surface area contributed by atoms with Gasteiger partial charge in [0.2, 0.25) is 0 Å². The Bertz CT molecular complexity index is 1410. The van der Waals surface area contributed by atoms with E-state index in [1.807, 2.05) is 42.5 Å². The summed E-state index contributed by atoms with van der Waals surface area (Å²) in [6.07, 6.45) is 0. The van der Waals surface area contributed by atoms with Gasteiger partial charge < -0.3 is 9.84 Å². The minimum absolute atomic E-state index is 0.0327. The summed E-state index contributed by atoms with van der Waals surface area (Å²) in [7, 11) is 1.58. The zero-order chi connectivity index (χ0) is 23.1. The van der Waals surface area contributed by atoms with Crippen LogP contribution < -0.4 is 9.64 Å². The molecule has 4 aromatic rings. The van der Waals surface area contributed by atoms with Crippen molar-refractivity contribution in [3.63, 3.8) is 0 Å². The summed E-state index contributed by atoms with van der Waals surface area (Å²) in [6, 6.07) is 20.7. The molecule has 164 valence electrons. The number of halogens is 1. The molecule has 1 atom stereocenters. The molecule has 0 unspecified atom stereocenters. The van der Waals surface area contributed by atoms with Gasteiger partial charge >= 0.3 is 5.91 Å². The van der Waals surface area contributed by atoms with Crippen LogP contribution >= 0.6 is 27.3 Å². The van der Waals surface area contributed by atoms with Gasteiger partial charge in [-0.3, -0.25) is 14.5 Å². The van der Waals surface area contributed by atoms with Crippen LogP contribution in [0.15, 0.2) is 82.8 Å². The van der Waals surface area contributed by atoms with Crippen molar-refractivity contribution in [3.05, 3.63) is 94.0 Å². The van der Waals surface area contributed by atoms with Crippen molar-refractivity contribution in [3.8, 4) is 5.75 Å². The van der Waals surface area contributed by atoms with Gasteiger partial charge in [0, 0.05) is 10.0 Å². The van der Waals surface area contributed by atoms with Crippen LogP contribution in [0.1, 0.15) is 17.2 Å². The van der Waals surface area contributed by atoms with Crippen LogP contribution in [0.25, 0.3) is 16.0 Å². The lowest BCUT2D eigenvalue weighted by Crippen LogP contribution is -2.29. The second kappa shape index (κ2) is 8.46. The second-order valence-electron chi connectivity index (χ2n) is 7.42. The molecule has 0 saturated carbocycles. The fraction of sp³-hybridized carbons (Fsp3) is 0.0800. The third kappa shape index (κ3) is 3.71. The number of carbonyl (C=O) groups is 2. The zero-order valence-corrected chi connectivity index (χ0v) is 19.8. The van der Waals surface area contributed by atoms with Crippen molar-refractivity contribution < 1.29 is 19.4 Å². The number of aliphatic hydroxyl groups excluding tert-OH is 1. The molecule has 1 saturated heterocycles. The van der Waals surface area contributed by atoms with E-state index in [1.165, 1.54) is 16.2 Å². The van der Waals surface area contributed by atoms with E-state index in [0.29, 0.717) is 27.5 Å². The first-order chi connectivity index (χ1) is 16.0. The summed E-state index contributed by atoms with van der Waals surface area (Å²) in [5, 5.41) is 11.5. The number of ketones is 1. The lowest BCUT2D eigenvalue weighted by molar-refractivity contribution is -0.132.